The Bertz CT molecular complexity index is 866. The summed E-state index contributed by atoms with van der Waals surface area (Å²) in [6.45, 7) is -3.62. The molecular formula is C17H15F2N3O5S. The van der Waals surface area contributed by atoms with E-state index in [0.717, 1.165) is 11.8 Å². The molecule has 2 aromatic rings. The van der Waals surface area contributed by atoms with Crippen molar-refractivity contribution in [1.29, 1.82) is 0 Å². The molecule has 1 aromatic heterocycles. The first-order chi connectivity index (χ1) is 13.4. The first kappa shape index (κ1) is 21.1. The Morgan fingerprint density at radius 2 is 1.93 bits per heavy atom. The van der Waals surface area contributed by atoms with Gasteiger partial charge in [-0.25, -0.2) is 9.78 Å². The van der Waals surface area contributed by atoms with E-state index >= 15 is 0 Å². The number of carbonyl (C=O) groups excluding carboxylic acids is 3. The van der Waals surface area contributed by atoms with Gasteiger partial charge in [-0.3, -0.25) is 9.59 Å². The van der Waals surface area contributed by atoms with E-state index in [1.54, 1.807) is 6.07 Å². The summed E-state index contributed by atoms with van der Waals surface area (Å²) in [5.41, 5.74) is 5.06. The van der Waals surface area contributed by atoms with Crippen molar-refractivity contribution in [2.24, 2.45) is 5.73 Å². The van der Waals surface area contributed by atoms with Gasteiger partial charge in [0.1, 0.15) is 10.8 Å². The van der Waals surface area contributed by atoms with Crippen LogP contribution in [-0.2, 0) is 14.3 Å². The summed E-state index contributed by atoms with van der Waals surface area (Å²) in [5, 5.41) is 2.65. The third-order valence-electron chi connectivity index (χ3n) is 3.05. The van der Waals surface area contributed by atoms with E-state index in [9.17, 15) is 23.2 Å². The lowest BCUT2D eigenvalue weighted by atomic mass is 10.3. The molecule has 28 heavy (non-hydrogen) atoms. The molecule has 0 saturated carbocycles. The summed E-state index contributed by atoms with van der Waals surface area (Å²) in [5.74, 6) is -2.50. The smallest absolute Gasteiger partial charge is 0.387 e. The number of pyridine rings is 1. The predicted octanol–water partition coefficient (Wildman–Crippen LogP) is 2.06. The molecule has 0 atom stereocenters. The number of ether oxygens (including phenoxy) is 2. The topological polar surface area (TPSA) is 121 Å². The molecule has 8 nitrogen and oxygen atoms in total. The third-order valence-corrected chi connectivity index (χ3v) is 4.06. The van der Waals surface area contributed by atoms with E-state index in [1.165, 1.54) is 36.5 Å². The maximum Gasteiger partial charge on any atom is 0.387 e. The predicted molar refractivity (Wildman–Crippen MR) is 96.1 cm³/mol. The number of halogens is 2. The Labute approximate surface area is 162 Å². The van der Waals surface area contributed by atoms with Crippen LogP contribution in [0.4, 0.5) is 14.5 Å². The molecular weight excluding hydrogens is 396 g/mol. The maximum atomic E-state index is 12.4. The summed E-state index contributed by atoms with van der Waals surface area (Å²) < 4.78 is 33.9. The number of nitrogens with zero attached hydrogens (tertiary/aromatic N) is 1. The van der Waals surface area contributed by atoms with Crippen molar-refractivity contribution < 1.29 is 32.6 Å². The average molecular weight is 411 g/mol. The van der Waals surface area contributed by atoms with Crippen LogP contribution < -0.4 is 15.8 Å². The standard InChI is InChI=1S/C17H15F2N3O5S/c18-17(19)27-12-6-2-1-5-11(12)22-14(24)9-28-15-10(4-3-7-21-15)16(25)26-8-13(20)23/h1-7,17H,8-9H2,(H2,20,23)(H,22,24). The molecule has 0 radical (unpaired) electrons. The van der Waals surface area contributed by atoms with Crippen molar-refractivity contribution >= 4 is 35.2 Å². The highest BCUT2D eigenvalue weighted by Gasteiger charge is 2.17. The molecule has 0 fully saturated rings. The molecule has 1 aromatic carbocycles. The van der Waals surface area contributed by atoms with Gasteiger partial charge in [0.05, 0.1) is 17.0 Å². The van der Waals surface area contributed by atoms with Crippen molar-refractivity contribution in [3.05, 3.63) is 48.2 Å². The highest BCUT2D eigenvalue weighted by Crippen LogP contribution is 2.26. The molecule has 148 valence electrons. The normalized spacial score (nSPS) is 10.4. The Morgan fingerprint density at radius 3 is 2.64 bits per heavy atom. The van der Waals surface area contributed by atoms with E-state index in [-0.39, 0.29) is 27.8 Å². The monoisotopic (exact) mass is 411 g/mol. The number of thioether (sulfide) groups is 1. The Hall–Kier alpha value is -3.21. The van der Waals surface area contributed by atoms with Crippen LogP contribution >= 0.6 is 11.8 Å². The number of alkyl halides is 2. The minimum Gasteiger partial charge on any atom is -0.452 e. The van der Waals surface area contributed by atoms with Gasteiger partial charge in [0.15, 0.2) is 6.61 Å². The molecule has 0 aliphatic rings. The number of benzene rings is 1. The second-order valence-corrected chi connectivity index (χ2v) is 6.07. The number of para-hydroxylation sites is 2. The van der Waals surface area contributed by atoms with Crippen molar-refractivity contribution in [3.8, 4) is 5.75 Å². The van der Waals surface area contributed by atoms with Gasteiger partial charge in [-0.1, -0.05) is 23.9 Å². The fourth-order valence-electron chi connectivity index (χ4n) is 1.96. The summed E-state index contributed by atoms with van der Waals surface area (Å²) in [7, 11) is 0. The van der Waals surface area contributed by atoms with Crippen LogP contribution in [0.15, 0.2) is 47.6 Å². The van der Waals surface area contributed by atoms with Gasteiger partial charge in [0.25, 0.3) is 5.91 Å². The largest absolute Gasteiger partial charge is 0.452 e. The quantitative estimate of drug-likeness (QED) is 0.479. The van der Waals surface area contributed by atoms with Gasteiger partial charge in [0.2, 0.25) is 5.91 Å². The summed E-state index contributed by atoms with van der Waals surface area (Å²) in [4.78, 5) is 38.8. The zero-order valence-electron chi connectivity index (χ0n) is 14.3. The fraction of sp³-hybridized carbons (Fsp3) is 0.176. The lowest BCUT2D eigenvalue weighted by molar-refractivity contribution is -0.121. The number of hydrogen-bond donors (Lipinski definition) is 2. The summed E-state index contributed by atoms with van der Waals surface area (Å²) >= 11 is 0.928. The SMILES string of the molecule is NC(=O)COC(=O)c1cccnc1SCC(=O)Nc1ccccc1OC(F)F. The molecule has 0 spiro atoms. The number of nitrogens with one attached hydrogen (secondary N) is 1. The van der Waals surface area contributed by atoms with E-state index in [4.69, 9.17) is 10.5 Å². The maximum absolute atomic E-state index is 12.4. The van der Waals surface area contributed by atoms with E-state index in [1.807, 2.05) is 0 Å². The van der Waals surface area contributed by atoms with Crippen LogP contribution in [0.1, 0.15) is 10.4 Å². The molecule has 3 N–H and O–H groups in total. The highest BCUT2D eigenvalue weighted by atomic mass is 32.2. The second kappa shape index (κ2) is 10.2. The van der Waals surface area contributed by atoms with Gasteiger partial charge >= 0.3 is 12.6 Å². The minimum atomic E-state index is -3.03. The van der Waals surface area contributed by atoms with Gasteiger partial charge in [-0.05, 0) is 24.3 Å². The zero-order chi connectivity index (χ0) is 20.5. The molecule has 0 saturated heterocycles. The number of anilines is 1. The summed E-state index contributed by atoms with van der Waals surface area (Å²) in [6, 6.07) is 8.64. The molecule has 2 rings (SSSR count). The fourth-order valence-corrected chi connectivity index (χ4v) is 2.75. The molecule has 2 amide bonds. The number of rotatable bonds is 9. The van der Waals surface area contributed by atoms with Gasteiger partial charge < -0.3 is 20.5 Å². The number of carbonyl (C=O) groups is 3. The van der Waals surface area contributed by atoms with Crippen molar-refractivity contribution in [2.75, 3.05) is 17.7 Å². The number of hydrogen-bond acceptors (Lipinski definition) is 7. The molecule has 1 heterocycles. The first-order valence-corrected chi connectivity index (χ1v) is 8.72. The van der Waals surface area contributed by atoms with Crippen LogP contribution in [0.2, 0.25) is 0 Å². The van der Waals surface area contributed by atoms with E-state index < -0.39 is 31.0 Å². The molecule has 0 aliphatic heterocycles. The van der Waals surface area contributed by atoms with Gasteiger partial charge in [-0.2, -0.15) is 8.78 Å². The number of nitrogens with two attached hydrogens (primary N) is 1. The van der Waals surface area contributed by atoms with Crippen LogP contribution in [0.5, 0.6) is 5.75 Å². The summed E-state index contributed by atoms with van der Waals surface area (Å²) in [6.07, 6.45) is 1.41. The van der Waals surface area contributed by atoms with E-state index in [0.29, 0.717) is 0 Å². The number of amides is 2. The van der Waals surface area contributed by atoms with Gasteiger partial charge in [0, 0.05) is 6.20 Å². The number of esters is 1. The Morgan fingerprint density at radius 1 is 1.18 bits per heavy atom. The van der Waals surface area contributed by atoms with Gasteiger partial charge in [-0.15, -0.1) is 0 Å². The van der Waals surface area contributed by atoms with Crippen LogP contribution in [0.25, 0.3) is 0 Å². The van der Waals surface area contributed by atoms with Crippen molar-refractivity contribution in [3.63, 3.8) is 0 Å². The van der Waals surface area contributed by atoms with Crippen molar-refractivity contribution in [1.82, 2.24) is 4.98 Å². The average Bonchev–Trinajstić information content (AvgIpc) is 2.66. The lowest BCUT2D eigenvalue weighted by Gasteiger charge is -2.12. The highest BCUT2D eigenvalue weighted by molar-refractivity contribution is 8.00. The lowest BCUT2D eigenvalue weighted by Crippen LogP contribution is -2.21. The molecule has 0 aliphatic carbocycles. The molecule has 11 heteroatoms. The van der Waals surface area contributed by atoms with Crippen LogP contribution in [0, 0.1) is 0 Å². The zero-order valence-corrected chi connectivity index (χ0v) is 15.1. The van der Waals surface area contributed by atoms with Crippen molar-refractivity contribution in [2.45, 2.75) is 11.6 Å². The Balaban J connectivity index is 2.00. The number of aromatic nitrogens is 1. The van der Waals surface area contributed by atoms with E-state index in [2.05, 4.69) is 15.0 Å². The first-order valence-electron chi connectivity index (χ1n) is 7.73. The molecule has 0 unspecified atom stereocenters. The third kappa shape index (κ3) is 6.50. The number of primary amides is 1. The second-order valence-electron chi connectivity index (χ2n) is 5.11. The van der Waals surface area contributed by atoms with Crippen LogP contribution in [-0.4, -0.2) is 41.7 Å². The molecule has 0 bridgehead atoms. The minimum absolute atomic E-state index is 0.0583. The van der Waals surface area contributed by atoms with Crippen LogP contribution in [0.3, 0.4) is 0 Å². The Kier molecular flexibility index (Phi) is 7.69.